The number of rotatable bonds is 2. The highest BCUT2D eigenvalue weighted by Crippen LogP contribution is 2.33. The molecule has 0 saturated carbocycles. The van der Waals surface area contributed by atoms with Crippen molar-refractivity contribution in [3.05, 3.63) is 60.4 Å². The van der Waals surface area contributed by atoms with Gasteiger partial charge in [0.2, 0.25) is 0 Å². The lowest BCUT2D eigenvalue weighted by Crippen LogP contribution is -2.10. The number of nitrogens with two attached hydrogens (primary N) is 1. The molecule has 0 spiro atoms. The maximum Gasteiger partial charge on any atom is 0.0992 e. The standard InChI is InChI=1S/C17H14N4/c1-21(13-4-2-3-12(9-13)10-18)17-6-5-16(19)15-11-20-8-7-14(15)17/h2-9,11H,19H2,1H3. The predicted octanol–water partition coefficient (Wildman–Crippen LogP) is 3.46. The van der Waals surface area contributed by atoms with Crippen LogP contribution in [-0.4, -0.2) is 12.0 Å². The minimum Gasteiger partial charge on any atom is -0.398 e. The summed E-state index contributed by atoms with van der Waals surface area (Å²) in [7, 11) is 1.97. The quantitative estimate of drug-likeness (QED) is 0.727. The van der Waals surface area contributed by atoms with Crippen LogP contribution in [0.1, 0.15) is 5.56 Å². The lowest BCUT2D eigenvalue weighted by molar-refractivity contribution is 1.22. The Morgan fingerprint density at radius 1 is 1.14 bits per heavy atom. The largest absolute Gasteiger partial charge is 0.398 e. The second-order valence-corrected chi connectivity index (χ2v) is 4.82. The first kappa shape index (κ1) is 12.9. The molecule has 1 heterocycles. The van der Waals surface area contributed by atoms with Crippen molar-refractivity contribution in [1.82, 2.24) is 4.98 Å². The SMILES string of the molecule is CN(c1cccc(C#N)c1)c1ccc(N)c2cnccc12. The Kier molecular flexibility index (Phi) is 3.17. The summed E-state index contributed by atoms with van der Waals surface area (Å²) >= 11 is 0. The van der Waals surface area contributed by atoms with Crippen LogP contribution >= 0.6 is 0 Å². The molecule has 0 unspecified atom stereocenters. The number of benzene rings is 2. The molecule has 0 saturated heterocycles. The molecule has 3 aromatic rings. The van der Waals surface area contributed by atoms with Crippen LogP contribution in [0.25, 0.3) is 10.8 Å². The van der Waals surface area contributed by atoms with Crippen LogP contribution in [0.5, 0.6) is 0 Å². The molecule has 4 heteroatoms. The number of hydrogen-bond donors (Lipinski definition) is 1. The molecular formula is C17H14N4. The molecule has 3 rings (SSSR count). The molecule has 0 aliphatic heterocycles. The summed E-state index contributed by atoms with van der Waals surface area (Å²) in [5.74, 6) is 0. The van der Waals surface area contributed by atoms with E-state index in [2.05, 4.69) is 11.1 Å². The highest BCUT2D eigenvalue weighted by Gasteiger charge is 2.10. The molecule has 21 heavy (non-hydrogen) atoms. The Bertz CT molecular complexity index is 849. The Morgan fingerprint density at radius 3 is 2.81 bits per heavy atom. The fourth-order valence-electron chi connectivity index (χ4n) is 2.41. The second-order valence-electron chi connectivity index (χ2n) is 4.82. The summed E-state index contributed by atoms with van der Waals surface area (Å²) in [5, 5.41) is 11.0. The molecule has 2 N–H and O–H groups in total. The molecule has 4 nitrogen and oxygen atoms in total. The van der Waals surface area contributed by atoms with Gasteiger partial charge in [0.15, 0.2) is 0 Å². The van der Waals surface area contributed by atoms with Gasteiger partial charge in [-0.15, -0.1) is 0 Å². The van der Waals surface area contributed by atoms with E-state index in [1.54, 1.807) is 18.5 Å². The molecule has 0 aliphatic carbocycles. The lowest BCUT2D eigenvalue weighted by atomic mass is 10.1. The minimum absolute atomic E-state index is 0.640. The number of pyridine rings is 1. The summed E-state index contributed by atoms with van der Waals surface area (Å²) in [4.78, 5) is 6.18. The molecular weight excluding hydrogens is 260 g/mol. The summed E-state index contributed by atoms with van der Waals surface area (Å²) < 4.78 is 0. The topological polar surface area (TPSA) is 65.9 Å². The van der Waals surface area contributed by atoms with Gasteiger partial charge in [0.05, 0.1) is 11.6 Å². The average molecular weight is 274 g/mol. The molecule has 2 aromatic carbocycles. The summed E-state index contributed by atoms with van der Waals surface area (Å²) in [6.45, 7) is 0. The maximum absolute atomic E-state index is 9.03. The van der Waals surface area contributed by atoms with E-state index >= 15 is 0 Å². The maximum atomic E-state index is 9.03. The van der Waals surface area contributed by atoms with Crippen LogP contribution in [0.2, 0.25) is 0 Å². The number of anilines is 3. The first-order valence-corrected chi connectivity index (χ1v) is 6.57. The molecule has 102 valence electrons. The van der Waals surface area contributed by atoms with Crippen molar-refractivity contribution in [3.8, 4) is 6.07 Å². The Morgan fingerprint density at radius 2 is 2.00 bits per heavy atom. The molecule has 0 atom stereocenters. The van der Waals surface area contributed by atoms with Crippen molar-refractivity contribution in [2.24, 2.45) is 0 Å². The van der Waals surface area contributed by atoms with E-state index in [-0.39, 0.29) is 0 Å². The van der Waals surface area contributed by atoms with Gasteiger partial charge in [-0.3, -0.25) is 4.98 Å². The van der Waals surface area contributed by atoms with E-state index in [0.717, 1.165) is 22.1 Å². The molecule has 0 bridgehead atoms. The first-order valence-electron chi connectivity index (χ1n) is 6.57. The van der Waals surface area contributed by atoms with Gasteiger partial charge in [0, 0.05) is 47.3 Å². The zero-order chi connectivity index (χ0) is 14.8. The number of fused-ring (bicyclic) bond motifs is 1. The molecule has 0 radical (unpaired) electrons. The van der Waals surface area contributed by atoms with Crippen molar-refractivity contribution in [2.45, 2.75) is 0 Å². The minimum atomic E-state index is 0.640. The third-order valence-electron chi connectivity index (χ3n) is 3.55. The summed E-state index contributed by atoms with van der Waals surface area (Å²) in [6, 6.07) is 15.5. The van der Waals surface area contributed by atoms with Gasteiger partial charge in [0.1, 0.15) is 0 Å². The van der Waals surface area contributed by atoms with Crippen LogP contribution in [0.15, 0.2) is 54.9 Å². The number of nitrogens with zero attached hydrogens (tertiary/aromatic N) is 3. The third-order valence-corrected chi connectivity index (χ3v) is 3.55. The first-order chi connectivity index (χ1) is 10.2. The molecule has 0 aliphatic rings. The zero-order valence-electron chi connectivity index (χ0n) is 11.6. The Balaban J connectivity index is 2.16. The van der Waals surface area contributed by atoms with Gasteiger partial charge in [-0.1, -0.05) is 6.07 Å². The predicted molar refractivity (Wildman–Crippen MR) is 85.4 cm³/mol. The van der Waals surface area contributed by atoms with Crippen LogP contribution in [0, 0.1) is 11.3 Å². The van der Waals surface area contributed by atoms with E-state index in [1.165, 1.54) is 0 Å². The normalized spacial score (nSPS) is 10.3. The van der Waals surface area contributed by atoms with E-state index in [1.807, 2.05) is 48.3 Å². The van der Waals surface area contributed by atoms with Gasteiger partial charge >= 0.3 is 0 Å². The van der Waals surface area contributed by atoms with Crippen LogP contribution in [-0.2, 0) is 0 Å². The van der Waals surface area contributed by atoms with Gasteiger partial charge < -0.3 is 10.6 Å². The molecule has 1 aromatic heterocycles. The molecule has 0 fully saturated rings. The number of nitrogen functional groups attached to an aromatic ring is 1. The number of hydrogen-bond acceptors (Lipinski definition) is 4. The van der Waals surface area contributed by atoms with Crippen molar-refractivity contribution >= 4 is 27.8 Å². The van der Waals surface area contributed by atoms with E-state index in [4.69, 9.17) is 11.0 Å². The monoisotopic (exact) mass is 274 g/mol. The third kappa shape index (κ3) is 2.26. The molecule has 0 amide bonds. The Labute approximate surface area is 123 Å². The highest BCUT2D eigenvalue weighted by atomic mass is 15.1. The highest BCUT2D eigenvalue weighted by molar-refractivity contribution is 6.01. The zero-order valence-corrected chi connectivity index (χ0v) is 11.6. The van der Waals surface area contributed by atoms with Crippen molar-refractivity contribution in [3.63, 3.8) is 0 Å². The van der Waals surface area contributed by atoms with Crippen LogP contribution < -0.4 is 10.6 Å². The summed E-state index contributed by atoms with van der Waals surface area (Å²) in [6.07, 6.45) is 3.53. The van der Waals surface area contributed by atoms with E-state index in [0.29, 0.717) is 11.3 Å². The van der Waals surface area contributed by atoms with Crippen LogP contribution in [0.4, 0.5) is 17.1 Å². The van der Waals surface area contributed by atoms with Gasteiger partial charge in [-0.2, -0.15) is 5.26 Å². The van der Waals surface area contributed by atoms with Crippen LogP contribution in [0.3, 0.4) is 0 Å². The number of nitriles is 1. The van der Waals surface area contributed by atoms with E-state index in [9.17, 15) is 0 Å². The number of aromatic nitrogens is 1. The van der Waals surface area contributed by atoms with Crippen molar-refractivity contribution < 1.29 is 0 Å². The fourth-order valence-corrected chi connectivity index (χ4v) is 2.41. The smallest absolute Gasteiger partial charge is 0.0992 e. The van der Waals surface area contributed by atoms with Gasteiger partial charge in [-0.25, -0.2) is 0 Å². The van der Waals surface area contributed by atoms with Crippen molar-refractivity contribution in [2.75, 3.05) is 17.7 Å². The second kappa shape index (κ2) is 5.14. The van der Waals surface area contributed by atoms with E-state index < -0.39 is 0 Å². The summed E-state index contributed by atoms with van der Waals surface area (Å²) in [5.41, 5.74) is 9.34. The average Bonchev–Trinajstić information content (AvgIpc) is 2.55. The van der Waals surface area contributed by atoms with Gasteiger partial charge in [-0.05, 0) is 36.4 Å². The fraction of sp³-hybridized carbons (Fsp3) is 0.0588. The lowest BCUT2D eigenvalue weighted by Gasteiger charge is -2.22. The van der Waals surface area contributed by atoms with Gasteiger partial charge in [0.25, 0.3) is 0 Å². The van der Waals surface area contributed by atoms with Crippen molar-refractivity contribution in [1.29, 1.82) is 5.26 Å². The Hall–Kier alpha value is -3.06.